The van der Waals surface area contributed by atoms with E-state index >= 15 is 0 Å². The Labute approximate surface area is 64.4 Å². The minimum Gasteiger partial charge on any atom is -0.506 e. The van der Waals surface area contributed by atoms with E-state index in [2.05, 4.69) is 0 Å². The van der Waals surface area contributed by atoms with Gasteiger partial charge in [-0.3, -0.25) is 10.3 Å². The van der Waals surface area contributed by atoms with E-state index in [4.69, 9.17) is 16.0 Å². The summed E-state index contributed by atoms with van der Waals surface area (Å²) in [4.78, 5) is 0. The standard InChI is InChI=1S/C7H10N2O2/c1-9(11)6-4-5(8)2-3-7(6)10/h2-4,10-11H,8H2,1H3. The third-order valence-corrected chi connectivity index (χ3v) is 1.35. The highest BCUT2D eigenvalue weighted by Crippen LogP contribution is 2.26. The first-order valence-electron chi connectivity index (χ1n) is 3.12. The van der Waals surface area contributed by atoms with Gasteiger partial charge in [0.1, 0.15) is 11.4 Å². The lowest BCUT2D eigenvalue weighted by Crippen LogP contribution is -2.10. The zero-order chi connectivity index (χ0) is 8.43. The van der Waals surface area contributed by atoms with Gasteiger partial charge < -0.3 is 10.8 Å². The Balaban J connectivity index is 3.13. The Bertz CT molecular complexity index is 261. The Morgan fingerprint density at radius 2 is 2.09 bits per heavy atom. The van der Waals surface area contributed by atoms with E-state index in [1.165, 1.54) is 19.2 Å². The van der Waals surface area contributed by atoms with E-state index < -0.39 is 0 Å². The largest absolute Gasteiger partial charge is 0.506 e. The Morgan fingerprint density at radius 3 is 2.55 bits per heavy atom. The van der Waals surface area contributed by atoms with Crippen LogP contribution in [-0.4, -0.2) is 17.4 Å². The fraction of sp³-hybridized carbons (Fsp3) is 0.143. The number of aromatic hydroxyl groups is 1. The highest BCUT2D eigenvalue weighted by Gasteiger charge is 2.03. The monoisotopic (exact) mass is 154 g/mol. The van der Waals surface area contributed by atoms with Crippen LogP contribution in [0.15, 0.2) is 18.2 Å². The second kappa shape index (κ2) is 2.67. The van der Waals surface area contributed by atoms with Crippen LogP contribution < -0.4 is 10.8 Å². The number of hydroxylamine groups is 1. The molecule has 0 bridgehead atoms. The molecule has 4 heteroatoms. The fourth-order valence-electron chi connectivity index (χ4n) is 0.800. The van der Waals surface area contributed by atoms with Gasteiger partial charge in [0.15, 0.2) is 0 Å². The maximum Gasteiger partial charge on any atom is 0.141 e. The van der Waals surface area contributed by atoms with E-state index in [9.17, 15) is 0 Å². The molecule has 0 aliphatic heterocycles. The van der Waals surface area contributed by atoms with Crippen LogP contribution in [0.5, 0.6) is 5.75 Å². The summed E-state index contributed by atoms with van der Waals surface area (Å²) >= 11 is 0. The van der Waals surface area contributed by atoms with Gasteiger partial charge in [-0.1, -0.05) is 0 Å². The molecule has 4 N–H and O–H groups in total. The van der Waals surface area contributed by atoms with Crippen LogP contribution in [0.25, 0.3) is 0 Å². The summed E-state index contributed by atoms with van der Waals surface area (Å²) in [6.45, 7) is 0. The number of rotatable bonds is 1. The molecule has 0 aliphatic rings. The summed E-state index contributed by atoms with van der Waals surface area (Å²) in [7, 11) is 1.41. The quantitative estimate of drug-likeness (QED) is 0.318. The molecule has 0 heterocycles. The van der Waals surface area contributed by atoms with Crippen LogP contribution >= 0.6 is 0 Å². The number of nitrogens with zero attached hydrogens (tertiary/aromatic N) is 1. The van der Waals surface area contributed by atoms with Gasteiger partial charge in [0, 0.05) is 12.7 Å². The van der Waals surface area contributed by atoms with Gasteiger partial charge in [0.2, 0.25) is 0 Å². The average Bonchev–Trinajstić information content (AvgIpc) is 1.94. The second-order valence-electron chi connectivity index (χ2n) is 2.27. The molecule has 0 radical (unpaired) electrons. The molecule has 0 saturated heterocycles. The molecular formula is C7H10N2O2. The van der Waals surface area contributed by atoms with Crippen molar-refractivity contribution in [2.75, 3.05) is 17.8 Å². The molecular weight excluding hydrogens is 144 g/mol. The highest BCUT2D eigenvalue weighted by atomic mass is 16.5. The Kier molecular flexibility index (Phi) is 1.87. The van der Waals surface area contributed by atoms with Gasteiger partial charge in [-0.2, -0.15) is 0 Å². The minimum absolute atomic E-state index is 0.00389. The van der Waals surface area contributed by atoms with E-state index in [1.807, 2.05) is 0 Å². The number of nitrogen functional groups attached to an aromatic ring is 1. The lowest BCUT2D eigenvalue weighted by molar-refractivity contribution is 0.275. The number of nitrogens with two attached hydrogens (primary N) is 1. The van der Waals surface area contributed by atoms with Crippen molar-refractivity contribution in [1.82, 2.24) is 0 Å². The third kappa shape index (κ3) is 1.53. The third-order valence-electron chi connectivity index (χ3n) is 1.35. The zero-order valence-corrected chi connectivity index (χ0v) is 6.15. The van der Waals surface area contributed by atoms with E-state index in [0.29, 0.717) is 11.4 Å². The van der Waals surface area contributed by atoms with Crippen molar-refractivity contribution in [3.8, 4) is 5.75 Å². The molecule has 0 unspecified atom stereocenters. The molecule has 1 aromatic carbocycles. The molecule has 0 fully saturated rings. The van der Waals surface area contributed by atoms with E-state index in [1.54, 1.807) is 6.07 Å². The van der Waals surface area contributed by atoms with E-state index in [-0.39, 0.29) is 5.75 Å². The lowest BCUT2D eigenvalue weighted by atomic mass is 10.2. The smallest absolute Gasteiger partial charge is 0.141 e. The van der Waals surface area contributed by atoms with Gasteiger partial charge in [0.25, 0.3) is 0 Å². The molecule has 0 atom stereocenters. The number of hydrogen-bond acceptors (Lipinski definition) is 4. The lowest BCUT2D eigenvalue weighted by Gasteiger charge is -2.11. The Morgan fingerprint density at radius 1 is 1.45 bits per heavy atom. The number of benzene rings is 1. The first-order valence-corrected chi connectivity index (χ1v) is 3.12. The maximum atomic E-state index is 9.15. The van der Waals surface area contributed by atoms with Crippen molar-refractivity contribution >= 4 is 11.4 Å². The van der Waals surface area contributed by atoms with Crippen LogP contribution in [0, 0.1) is 0 Å². The van der Waals surface area contributed by atoms with Crippen molar-refractivity contribution in [3.63, 3.8) is 0 Å². The zero-order valence-electron chi connectivity index (χ0n) is 6.15. The first-order chi connectivity index (χ1) is 5.11. The van der Waals surface area contributed by atoms with Crippen molar-refractivity contribution in [3.05, 3.63) is 18.2 Å². The molecule has 11 heavy (non-hydrogen) atoms. The molecule has 4 nitrogen and oxygen atoms in total. The molecule has 0 spiro atoms. The van der Waals surface area contributed by atoms with Crippen molar-refractivity contribution in [2.45, 2.75) is 0 Å². The normalized spacial score (nSPS) is 9.64. The maximum absolute atomic E-state index is 9.15. The van der Waals surface area contributed by atoms with Gasteiger partial charge in [-0.05, 0) is 18.2 Å². The van der Waals surface area contributed by atoms with Gasteiger partial charge >= 0.3 is 0 Å². The molecule has 0 aliphatic carbocycles. The minimum atomic E-state index is 0.00389. The average molecular weight is 154 g/mol. The van der Waals surface area contributed by atoms with Crippen LogP contribution in [0.1, 0.15) is 0 Å². The summed E-state index contributed by atoms with van der Waals surface area (Å²) in [5, 5.41) is 18.9. The van der Waals surface area contributed by atoms with Crippen molar-refractivity contribution in [1.29, 1.82) is 0 Å². The first kappa shape index (κ1) is 7.68. The molecule has 1 aromatic rings. The summed E-state index contributed by atoms with van der Waals surface area (Å²) in [6, 6.07) is 4.47. The second-order valence-corrected chi connectivity index (χ2v) is 2.27. The number of phenolic OH excluding ortho intramolecular Hbond substituents is 1. The summed E-state index contributed by atoms with van der Waals surface area (Å²) in [5.74, 6) is 0.00389. The molecule has 0 saturated carbocycles. The van der Waals surface area contributed by atoms with Crippen LogP contribution in [-0.2, 0) is 0 Å². The van der Waals surface area contributed by atoms with Crippen LogP contribution in [0.3, 0.4) is 0 Å². The molecule has 60 valence electrons. The molecule has 1 rings (SSSR count). The number of phenols is 1. The topological polar surface area (TPSA) is 69.7 Å². The summed E-state index contributed by atoms with van der Waals surface area (Å²) in [5.41, 5.74) is 6.21. The summed E-state index contributed by atoms with van der Waals surface area (Å²) in [6.07, 6.45) is 0. The van der Waals surface area contributed by atoms with Crippen molar-refractivity contribution in [2.24, 2.45) is 0 Å². The number of hydrogen-bond donors (Lipinski definition) is 3. The van der Waals surface area contributed by atoms with Crippen LogP contribution in [0.2, 0.25) is 0 Å². The van der Waals surface area contributed by atoms with Crippen molar-refractivity contribution < 1.29 is 10.3 Å². The predicted molar refractivity (Wildman–Crippen MR) is 42.7 cm³/mol. The predicted octanol–water partition coefficient (Wildman–Crippen LogP) is 0.800. The molecule has 0 aromatic heterocycles. The van der Waals surface area contributed by atoms with Gasteiger partial charge in [-0.15, -0.1) is 0 Å². The molecule has 0 amide bonds. The fourth-order valence-corrected chi connectivity index (χ4v) is 0.800. The van der Waals surface area contributed by atoms with E-state index in [0.717, 1.165) is 5.06 Å². The SMILES string of the molecule is CN(O)c1cc(N)ccc1O. The highest BCUT2D eigenvalue weighted by molar-refractivity contribution is 5.62. The van der Waals surface area contributed by atoms with Crippen LogP contribution in [0.4, 0.5) is 11.4 Å². The van der Waals surface area contributed by atoms with Gasteiger partial charge in [0.05, 0.1) is 0 Å². The Hall–Kier alpha value is -1.42. The number of anilines is 2. The summed E-state index contributed by atoms with van der Waals surface area (Å²) < 4.78 is 0. The van der Waals surface area contributed by atoms with Gasteiger partial charge in [-0.25, -0.2) is 0 Å².